The van der Waals surface area contributed by atoms with E-state index in [1.165, 1.54) is 0 Å². The van der Waals surface area contributed by atoms with Gasteiger partial charge in [0.15, 0.2) is 0 Å². The van der Waals surface area contributed by atoms with Gasteiger partial charge >= 0.3 is 0 Å². The van der Waals surface area contributed by atoms with Crippen molar-refractivity contribution in [3.05, 3.63) is 47.7 Å². The van der Waals surface area contributed by atoms with Crippen LogP contribution in [-0.4, -0.2) is 26.7 Å². The van der Waals surface area contributed by atoms with Crippen molar-refractivity contribution in [2.75, 3.05) is 0 Å². The number of nitrogens with zero attached hydrogens (tertiary/aromatic N) is 3. The number of nitrogens with one attached hydrogen (secondary N) is 1. The Morgan fingerprint density at radius 3 is 3.12 bits per heavy atom. The quantitative estimate of drug-likeness (QED) is 0.800. The van der Waals surface area contributed by atoms with E-state index in [2.05, 4.69) is 20.1 Å². The summed E-state index contributed by atoms with van der Waals surface area (Å²) in [6.07, 6.45) is 2.82. The van der Waals surface area contributed by atoms with Crippen LogP contribution in [0, 0.1) is 6.92 Å². The lowest BCUT2D eigenvalue weighted by Crippen LogP contribution is -2.41. The monoisotopic (exact) mass is 324 g/mol. The van der Waals surface area contributed by atoms with Gasteiger partial charge in [-0.15, -0.1) is 10.2 Å². The van der Waals surface area contributed by atoms with Crippen LogP contribution in [0.5, 0.6) is 0 Å². The van der Waals surface area contributed by atoms with E-state index in [-0.39, 0.29) is 11.9 Å². The van der Waals surface area contributed by atoms with Gasteiger partial charge < -0.3 is 14.3 Å². The minimum absolute atomic E-state index is 0.0645. The van der Waals surface area contributed by atoms with Crippen molar-refractivity contribution in [1.82, 2.24) is 20.1 Å². The van der Waals surface area contributed by atoms with Crippen molar-refractivity contribution in [2.24, 2.45) is 0 Å². The molecule has 0 unspecified atom stereocenters. The van der Waals surface area contributed by atoms with Crippen molar-refractivity contribution in [1.29, 1.82) is 0 Å². The molecule has 6 nitrogen and oxygen atoms in total. The van der Waals surface area contributed by atoms with Gasteiger partial charge in [-0.05, 0) is 25.5 Å². The second kappa shape index (κ2) is 6.11. The molecule has 1 N–H and O–H groups in total. The van der Waals surface area contributed by atoms with E-state index in [1.807, 2.05) is 37.3 Å². The molecule has 6 heteroatoms. The molecule has 0 radical (unpaired) electrons. The molecule has 0 spiro atoms. The van der Waals surface area contributed by atoms with E-state index in [0.717, 1.165) is 47.8 Å². The molecular formula is C18H20N4O2. The van der Waals surface area contributed by atoms with Gasteiger partial charge in [0, 0.05) is 37.2 Å². The average molecular weight is 324 g/mol. The number of carbonyl (C=O) groups excluding carboxylic acids is 1. The Morgan fingerprint density at radius 2 is 2.25 bits per heavy atom. The highest BCUT2D eigenvalue weighted by molar-refractivity contribution is 5.79. The predicted octanol–water partition coefficient (Wildman–Crippen LogP) is 2.40. The Balaban J connectivity index is 1.33. The van der Waals surface area contributed by atoms with Crippen molar-refractivity contribution < 1.29 is 9.21 Å². The molecular weight excluding hydrogens is 304 g/mol. The lowest BCUT2D eigenvalue weighted by molar-refractivity contribution is -0.122. The van der Waals surface area contributed by atoms with Gasteiger partial charge in [-0.3, -0.25) is 4.79 Å². The fraction of sp³-hybridized carbons (Fsp3) is 0.389. The number of para-hydroxylation sites is 1. The van der Waals surface area contributed by atoms with Crippen molar-refractivity contribution in [3.63, 3.8) is 0 Å². The van der Waals surface area contributed by atoms with Gasteiger partial charge in [0.2, 0.25) is 5.91 Å². The van der Waals surface area contributed by atoms with Crippen molar-refractivity contribution >= 4 is 16.9 Å². The first-order chi connectivity index (χ1) is 11.7. The fourth-order valence-electron chi connectivity index (χ4n) is 3.28. The van der Waals surface area contributed by atoms with E-state index in [4.69, 9.17) is 4.42 Å². The molecule has 1 aliphatic rings. The summed E-state index contributed by atoms with van der Waals surface area (Å²) in [4.78, 5) is 12.2. The van der Waals surface area contributed by atoms with Crippen LogP contribution in [0.2, 0.25) is 0 Å². The van der Waals surface area contributed by atoms with Crippen LogP contribution >= 0.6 is 0 Å². The Bertz CT molecular complexity index is 847. The lowest BCUT2D eigenvalue weighted by Gasteiger charge is -2.24. The van der Waals surface area contributed by atoms with Crippen LogP contribution in [-0.2, 0) is 24.2 Å². The number of hydrogen-bond acceptors (Lipinski definition) is 4. The van der Waals surface area contributed by atoms with E-state index in [1.54, 1.807) is 0 Å². The van der Waals surface area contributed by atoms with Gasteiger partial charge in [-0.25, -0.2) is 0 Å². The number of carbonyl (C=O) groups is 1. The van der Waals surface area contributed by atoms with Crippen LogP contribution in [0.3, 0.4) is 0 Å². The maximum absolute atomic E-state index is 12.2. The summed E-state index contributed by atoms with van der Waals surface area (Å²) >= 11 is 0. The molecule has 2 aromatic heterocycles. The van der Waals surface area contributed by atoms with Gasteiger partial charge in [0.05, 0.1) is 0 Å². The SMILES string of the molecule is Cc1nnc2n1C[C@H](NC(=O)CCc1cc3ccccc3o1)CC2. The van der Waals surface area contributed by atoms with E-state index >= 15 is 0 Å². The third-order valence-electron chi connectivity index (χ3n) is 4.57. The Hall–Kier alpha value is -2.63. The number of hydrogen-bond donors (Lipinski definition) is 1. The zero-order chi connectivity index (χ0) is 16.5. The first-order valence-electron chi connectivity index (χ1n) is 8.34. The summed E-state index contributed by atoms with van der Waals surface area (Å²) in [5, 5.41) is 12.5. The Kier molecular flexibility index (Phi) is 3.80. The highest BCUT2D eigenvalue weighted by atomic mass is 16.3. The van der Waals surface area contributed by atoms with E-state index in [0.29, 0.717) is 12.8 Å². The number of aryl methyl sites for hydroxylation is 3. The van der Waals surface area contributed by atoms with E-state index < -0.39 is 0 Å². The van der Waals surface area contributed by atoms with Gasteiger partial charge in [0.25, 0.3) is 0 Å². The van der Waals surface area contributed by atoms with Crippen molar-refractivity contribution in [3.8, 4) is 0 Å². The summed E-state index contributed by atoms with van der Waals surface area (Å²) in [6.45, 7) is 2.70. The smallest absolute Gasteiger partial charge is 0.220 e. The molecule has 0 fully saturated rings. The maximum atomic E-state index is 12.2. The highest BCUT2D eigenvalue weighted by Gasteiger charge is 2.22. The topological polar surface area (TPSA) is 73.0 Å². The van der Waals surface area contributed by atoms with E-state index in [9.17, 15) is 4.79 Å². The largest absolute Gasteiger partial charge is 0.461 e. The standard InChI is InChI=1S/C18H20N4O2/c1-12-20-21-17-8-6-14(11-22(12)17)19-18(23)9-7-15-10-13-4-2-3-5-16(13)24-15/h2-5,10,14H,6-9,11H2,1H3,(H,19,23)/t14-/m1/s1. The zero-order valence-electron chi connectivity index (χ0n) is 13.7. The molecule has 1 aliphatic heterocycles. The zero-order valence-corrected chi connectivity index (χ0v) is 13.7. The maximum Gasteiger partial charge on any atom is 0.220 e. The second-order valence-electron chi connectivity index (χ2n) is 6.33. The summed E-state index contributed by atoms with van der Waals surface area (Å²) in [5.41, 5.74) is 0.871. The fourth-order valence-corrected chi connectivity index (χ4v) is 3.28. The number of furan rings is 1. The van der Waals surface area contributed by atoms with Crippen molar-refractivity contribution in [2.45, 2.75) is 45.2 Å². The van der Waals surface area contributed by atoms with Crippen LogP contribution in [0.4, 0.5) is 0 Å². The Morgan fingerprint density at radius 1 is 1.38 bits per heavy atom. The number of aromatic nitrogens is 3. The minimum Gasteiger partial charge on any atom is -0.461 e. The van der Waals surface area contributed by atoms with Crippen LogP contribution < -0.4 is 5.32 Å². The first kappa shape index (κ1) is 14.9. The molecule has 0 bridgehead atoms. The molecule has 124 valence electrons. The third kappa shape index (κ3) is 2.91. The lowest BCUT2D eigenvalue weighted by atomic mass is 10.1. The summed E-state index contributed by atoms with van der Waals surface area (Å²) in [6, 6.07) is 10.1. The minimum atomic E-state index is 0.0645. The third-order valence-corrected chi connectivity index (χ3v) is 4.57. The molecule has 3 heterocycles. The molecule has 3 aromatic rings. The molecule has 1 aromatic carbocycles. The highest BCUT2D eigenvalue weighted by Crippen LogP contribution is 2.20. The molecule has 0 aliphatic carbocycles. The van der Waals surface area contributed by atoms with Gasteiger partial charge in [-0.2, -0.15) is 0 Å². The van der Waals surface area contributed by atoms with Crippen LogP contribution in [0.15, 0.2) is 34.7 Å². The molecule has 4 rings (SSSR count). The number of amides is 1. The Labute approximate surface area is 139 Å². The normalized spacial score (nSPS) is 17.0. The van der Waals surface area contributed by atoms with Crippen LogP contribution in [0.1, 0.15) is 30.3 Å². The summed E-state index contributed by atoms with van der Waals surface area (Å²) < 4.78 is 7.85. The molecule has 0 saturated heterocycles. The average Bonchev–Trinajstić information content (AvgIpc) is 3.16. The summed E-state index contributed by atoms with van der Waals surface area (Å²) in [5.74, 6) is 2.84. The predicted molar refractivity (Wildman–Crippen MR) is 89.5 cm³/mol. The van der Waals surface area contributed by atoms with Crippen LogP contribution in [0.25, 0.3) is 11.0 Å². The number of benzene rings is 1. The number of rotatable bonds is 4. The molecule has 24 heavy (non-hydrogen) atoms. The second-order valence-corrected chi connectivity index (χ2v) is 6.33. The summed E-state index contributed by atoms with van der Waals surface area (Å²) in [7, 11) is 0. The first-order valence-corrected chi connectivity index (χ1v) is 8.34. The van der Waals surface area contributed by atoms with Gasteiger partial charge in [-0.1, -0.05) is 18.2 Å². The molecule has 1 atom stereocenters. The number of fused-ring (bicyclic) bond motifs is 2. The molecule has 0 saturated carbocycles. The van der Waals surface area contributed by atoms with Gasteiger partial charge in [0.1, 0.15) is 23.0 Å². The molecule has 1 amide bonds.